The topological polar surface area (TPSA) is 94.2 Å². The Morgan fingerprint density at radius 2 is 2.24 bits per heavy atom. The lowest BCUT2D eigenvalue weighted by Gasteiger charge is -2.05. The van der Waals surface area contributed by atoms with Crippen LogP contribution in [0.3, 0.4) is 0 Å². The molecule has 0 fully saturated rings. The summed E-state index contributed by atoms with van der Waals surface area (Å²) < 4.78 is 1.02. The molecule has 0 aliphatic rings. The number of hydrogen-bond acceptors (Lipinski definition) is 4. The molecule has 0 aromatic carbocycles. The number of aromatic nitrogens is 1. The highest BCUT2D eigenvalue weighted by atomic mass is 16.6. The summed E-state index contributed by atoms with van der Waals surface area (Å²) in [7, 11) is 0. The number of nitrogens with zero attached hydrogens (tertiary/aromatic N) is 2. The summed E-state index contributed by atoms with van der Waals surface area (Å²) in [5.74, 6) is -0.338. The van der Waals surface area contributed by atoms with Crippen molar-refractivity contribution in [2.75, 3.05) is 6.54 Å². The minimum absolute atomic E-state index is 0.208. The fraction of sp³-hybridized carbons (Fsp3) is 0.400. The Bertz CT molecular complexity index is 481. The summed E-state index contributed by atoms with van der Waals surface area (Å²) in [5, 5.41) is 13.1. The SMILES string of the molecule is CCCNC(=O)Cn1cc([N+](=O)[O-])ccc1=O. The van der Waals surface area contributed by atoms with Crippen molar-refractivity contribution in [2.24, 2.45) is 0 Å². The predicted molar refractivity (Wildman–Crippen MR) is 60.7 cm³/mol. The van der Waals surface area contributed by atoms with Crippen LogP contribution in [0.2, 0.25) is 0 Å². The van der Waals surface area contributed by atoms with Crippen molar-refractivity contribution in [3.8, 4) is 0 Å². The Labute approximate surface area is 97.2 Å². The summed E-state index contributed by atoms with van der Waals surface area (Å²) in [5.41, 5.74) is -0.657. The quantitative estimate of drug-likeness (QED) is 0.590. The second kappa shape index (κ2) is 5.78. The van der Waals surface area contributed by atoms with Gasteiger partial charge in [0.1, 0.15) is 6.54 Å². The number of carbonyl (C=O) groups excluding carboxylic acids is 1. The van der Waals surface area contributed by atoms with Gasteiger partial charge in [0.05, 0.1) is 11.1 Å². The van der Waals surface area contributed by atoms with E-state index in [1.54, 1.807) is 0 Å². The summed E-state index contributed by atoms with van der Waals surface area (Å²) in [6.07, 6.45) is 1.85. The van der Waals surface area contributed by atoms with Gasteiger partial charge in [0.2, 0.25) is 5.91 Å². The highest BCUT2D eigenvalue weighted by Gasteiger charge is 2.09. The van der Waals surface area contributed by atoms with E-state index in [1.807, 2.05) is 6.92 Å². The van der Waals surface area contributed by atoms with E-state index < -0.39 is 10.5 Å². The molecule has 0 saturated carbocycles. The molecule has 1 rings (SSSR count). The Balaban J connectivity index is 2.83. The zero-order valence-electron chi connectivity index (χ0n) is 9.38. The first-order valence-electron chi connectivity index (χ1n) is 5.16. The second-order valence-corrected chi connectivity index (χ2v) is 3.46. The monoisotopic (exact) mass is 239 g/mol. The minimum Gasteiger partial charge on any atom is -0.355 e. The number of nitrogens with one attached hydrogen (secondary N) is 1. The maximum atomic E-state index is 11.4. The van der Waals surface area contributed by atoms with Crippen LogP contribution in [0.5, 0.6) is 0 Å². The first-order valence-corrected chi connectivity index (χ1v) is 5.16. The Kier molecular flexibility index (Phi) is 4.38. The number of nitro groups is 1. The summed E-state index contributed by atoms with van der Waals surface area (Å²) in [4.78, 5) is 32.6. The van der Waals surface area contributed by atoms with Crippen molar-refractivity contribution in [1.29, 1.82) is 0 Å². The van der Waals surface area contributed by atoms with Gasteiger partial charge < -0.3 is 5.32 Å². The summed E-state index contributed by atoms with van der Waals surface area (Å²) in [6, 6.07) is 2.19. The average molecular weight is 239 g/mol. The zero-order chi connectivity index (χ0) is 12.8. The Morgan fingerprint density at radius 1 is 1.53 bits per heavy atom. The largest absolute Gasteiger partial charge is 0.355 e. The molecule has 0 atom stereocenters. The summed E-state index contributed by atoms with van der Waals surface area (Å²) >= 11 is 0. The van der Waals surface area contributed by atoms with E-state index in [0.29, 0.717) is 6.54 Å². The molecule has 1 aromatic rings. The number of amides is 1. The van der Waals surface area contributed by atoms with Gasteiger partial charge in [-0.2, -0.15) is 0 Å². The molecule has 7 nitrogen and oxygen atoms in total. The number of hydrogen-bond donors (Lipinski definition) is 1. The fourth-order valence-electron chi connectivity index (χ4n) is 1.23. The van der Waals surface area contributed by atoms with Crippen LogP contribution < -0.4 is 10.9 Å². The van der Waals surface area contributed by atoms with Crippen LogP contribution in [-0.2, 0) is 11.3 Å². The van der Waals surface area contributed by atoms with Gasteiger partial charge in [0, 0.05) is 18.7 Å². The van der Waals surface area contributed by atoms with Gasteiger partial charge in [-0.25, -0.2) is 0 Å². The molecule has 0 bridgehead atoms. The maximum Gasteiger partial charge on any atom is 0.285 e. The van der Waals surface area contributed by atoms with Crippen molar-refractivity contribution in [1.82, 2.24) is 9.88 Å². The lowest BCUT2D eigenvalue weighted by molar-refractivity contribution is -0.385. The maximum absolute atomic E-state index is 11.4. The molecule has 0 saturated heterocycles. The predicted octanol–water partition coefficient (Wildman–Crippen LogP) is 0.283. The van der Waals surface area contributed by atoms with Crippen molar-refractivity contribution < 1.29 is 9.72 Å². The van der Waals surface area contributed by atoms with Crippen LogP contribution in [0, 0.1) is 10.1 Å². The van der Waals surface area contributed by atoms with E-state index in [-0.39, 0.29) is 18.1 Å². The lowest BCUT2D eigenvalue weighted by Crippen LogP contribution is -2.32. The molecule has 7 heteroatoms. The molecular formula is C10H13N3O4. The van der Waals surface area contributed by atoms with Gasteiger partial charge in [-0.3, -0.25) is 24.3 Å². The van der Waals surface area contributed by atoms with Crippen LogP contribution >= 0.6 is 0 Å². The van der Waals surface area contributed by atoms with Crippen molar-refractivity contribution in [3.63, 3.8) is 0 Å². The molecule has 0 aliphatic heterocycles. The van der Waals surface area contributed by atoms with Crippen molar-refractivity contribution in [2.45, 2.75) is 19.9 Å². The van der Waals surface area contributed by atoms with Crippen LogP contribution in [0.25, 0.3) is 0 Å². The van der Waals surface area contributed by atoms with E-state index >= 15 is 0 Å². The van der Waals surface area contributed by atoms with Gasteiger partial charge in [-0.05, 0) is 6.42 Å². The van der Waals surface area contributed by atoms with Gasteiger partial charge in [0.25, 0.3) is 11.2 Å². The van der Waals surface area contributed by atoms with Gasteiger partial charge >= 0.3 is 0 Å². The zero-order valence-corrected chi connectivity index (χ0v) is 9.38. The Hall–Kier alpha value is -2.18. The van der Waals surface area contributed by atoms with Gasteiger partial charge in [-0.15, -0.1) is 0 Å². The molecular weight excluding hydrogens is 226 g/mol. The summed E-state index contributed by atoms with van der Waals surface area (Å²) in [6.45, 7) is 2.21. The van der Waals surface area contributed by atoms with Gasteiger partial charge in [-0.1, -0.05) is 6.92 Å². The molecule has 0 aliphatic carbocycles. The molecule has 1 aromatic heterocycles. The molecule has 0 spiro atoms. The average Bonchev–Trinajstić information content (AvgIpc) is 2.29. The van der Waals surface area contributed by atoms with E-state index in [1.165, 1.54) is 0 Å². The lowest BCUT2D eigenvalue weighted by atomic mass is 10.4. The molecule has 1 N–H and O–H groups in total. The molecule has 0 unspecified atom stereocenters. The van der Waals surface area contributed by atoms with Crippen molar-refractivity contribution in [3.05, 3.63) is 38.8 Å². The molecule has 17 heavy (non-hydrogen) atoms. The molecule has 1 amide bonds. The van der Waals surface area contributed by atoms with Crippen LogP contribution in [-0.4, -0.2) is 21.9 Å². The third kappa shape index (κ3) is 3.71. The number of carbonyl (C=O) groups is 1. The van der Waals surface area contributed by atoms with Crippen LogP contribution in [0.4, 0.5) is 5.69 Å². The highest BCUT2D eigenvalue weighted by molar-refractivity contribution is 5.75. The van der Waals surface area contributed by atoms with E-state index in [2.05, 4.69) is 5.32 Å². The smallest absolute Gasteiger partial charge is 0.285 e. The molecule has 92 valence electrons. The number of pyridine rings is 1. The third-order valence-electron chi connectivity index (χ3n) is 2.06. The van der Waals surface area contributed by atoms with E-state index in [9.17, 15) is 19.7 Å². The first kappa shape index (κ1) is 12.9. The van der Waals surface area contributed by atoms with Crippen LogP contribution in [0.1, 0.15) is 13.3 Å². The molecule has 1 heterocycles. The highest BCUT2D eigenvalue weighted by Crippen LogP contribution is 2.05. The number of rotatable bonds is 5. The minimum atomic E-state index is -0.611. The van der Waals surface area contributed by atoms with E-state index in [4.69, 9.17) is 0 Å². The second-order valence-electron chi connectivity index (χ2n) is 3.46. The van der Waals surface area contributed by atoms with E-state index in [0.717, 1.165) is 29.3 Å². The fourth-order valence-corrected chi connectivity index (χ4v) is 1.23. The Morgan fingerprint density at radius 3 is 2.82 bits per heavy atom. The normalized spacial score (nSPS) is 9.94. The standard InChI is InChI=1S/C10H13N3O4/c1-2-5-11-9(14)7-12-6-8(13(16)17)3-4-10(12)15/h3-4,6H,2,5,7H2,1H3,(H,11,14). The van der Waals surface area contributed by atoms with Gasteiger partial charge in [0.15, 0.2) is 0 Å². The first-order chi connectivity index (χ1) is 8.04. The third-order valence-corrected chi connectivity index (χ3v) is 2.06. The van der Waals surface area contributed by atoms with Crippen LogP contribution in [0.15, 0.2) is 23.1 Å². The molecule has 0 radical (unpaired) electrons. The van der Waals surface area contributed by atoms with Crippen molar-refractivity contribution >= 4 is 11.6 Å².